The molecule has 0 saturated carbocycles. The van der Waals surface area contributed by atoms with Gasteiger partial charge in [-0.25, -0.2) is 4.90 Å². The zero-order chi connectivity index (χ0) is 20.5. The van der Waals surface area contributed by atoms with Gasteiger partial charge in [-0.3, -0.25) is 9.59 Å². The van der Waals surface area contributed by atoms with Crippen LogP contribution in [0, 0.1) is 0 Å². The Hall–Kier alpha value is -2.60. The van der Waals surface area contributed by atoms with Gasteiger partial charge in [-0.1, -0.05) is 53.5 Å². The second-order valence-electron chi connectivity index (χ2n) is 6.30. The van der Waals surface area contributed by atoms with Gasteiger partial charge in [0, 0.05) is 17.1 Å². The fourth-order valence-electron chi connectivity index (χ4n) is 3.37. The van der Waals surface area contributed by atoms with E-state index in [2.05, 4.69) is 0 Å². The maximum Gasteiger partial charge on any atom is 0.282 e. The van der Waals surface area contributed by atoms with E-state index in [1.54, 1.807) is 18.2 Å². The Morgan fingerprint density at radius 3 is 2.34 bits per heavy atom. The van der Waals surface area contributed by atoms with Crippen LogP contribution >= 0.6 is 34.5 Å². The minimum atomic E-state index is -0.423. The van der Waals surface area contributed by atoms with Crippen LogP contribution < -0.4 is 9.80 Å². The van der Waals surface area contributed by atoms with Crippen LogP contribution in [-0.2, 0) is 9.59 Å². The average Bonchev–Trinajstić information content (AvgIpc) is 3.33. The van der Waals surface area contributed by atoms with Gasteiger partial charge in [0.2, 0.25) is 0 Å². The molecule has 4 nitrogen and oxygen atoms in total. The molecule has 0 atom stereocenters. The topological polar surface area (TPSA) is 40.6 Å². The van der Waals surface area contributed by atoms with E-state index in [-0.39, 0.29) is 15.7 Å². The lowest BCUT2D eigenvalue weighted by Crippen LogP contribution is -2.35. The number of para-hydroxylation sites is 1. The van der Waals surface area contributed by atoms with E-state index >= 15 is 0 Å². The molecule has 4 rings (SSSR count). The van der Waals surface area contributed by atoms with Gasteiger partial charge in [0.25, 0.3) is 11.8 Å². The number of nitrogens with zero attached hydrogens (tertiary/aromatic N) is 2. The quantitative estimate of drug-likeness (QED) is 0.464. The number of imide groups is 1. The van der Waals surface area contributed by atoms with E-state index < -0.39 is 11.8 Å². The Morgan fingerprint density at radius 2 is 1.69 bits per heavy atom. The van der Waals surface area contributed by atoms with Crippen molar-refractivity contribution < 1.29 is 9.59 Å². The summed E-state index contributed by atoms with van der Waals surface area (Å²) >= 11 is 13.9. The summed E-state index contributed by atoms with van der Waals surface area (Å²) < 4.78 is 0. The van der Waals surface area contributed by atoms with Gasteiger partial charge in [0.15, 0.2) is 0 Å². The summed E-state index contributed by atoms with van der Waals surface area (Å²) in [5, 5.41) is 2.34. The number of carbonyl (C=O) groups excluding carboxylic acids is 2. The molecule has 0 spiro atoms. The first kappa shape index (κ1) is 19.7. The number of amides is 2. The van der Waals surface area contributed by atoms with E-state index in [1.165, 1.54) is 11.3 Å². The number of halogens is 2. The molecule has 3 aromatic rings. The highest BCUT2D eigenvalue weighted by atomic mass is 35.5. The first-order chi connectivity index (χ1) is 14.0. The smallest absolute Gasteiger partial charge is 0.282 e. The molecule has 0 unspecified atom stereocenters. The minimum Gasteiger partial charge on any atom is -0.337 e. The van der Waals surface area contributed by atoms with Crippen LogP contribution in [-0.4, -0.2) is 18.4 Å². The molecule has 0 fully saturated rings. The summed E-state index contributed by atoms with van der Waals surface area (Å²) in [4.78, 5) is 30.7. The summed E-state index contributed by atoms with van der Waals surface area (Å²) in [6, 6.07) is 18.1. The molecule has 146 valence electrons. The van der Waals surface area contributed by atoms with Crippen LogP contribution in [0.1, 0.15) is 11.8 Å². The predicted molar refractivity (Wildman–Crippen MR) is 120 cm³/mol. The number of likely N-dealkylation sites (N-methyl/N-ethyl adjacent to an activating group) is 1. The van der Waals surface area contributed by atoms with Gasteiger partial charge in [-0.15, -0.1) is 11.3 Å². The molecule has 1 aromatic heterocycles. The van der Waals surface area contributed by atoms with Crippen LogP contribution in [0.4, 0.5) is 11.4 Å². The maximum atomic E-state index is 13.6. The summed E-state index contributed by atoms with van der Waals surface area (Å²) in [6.07, 6.45) is 0. The van der Waals surface area contributed by atoms with Crippen LogP contribution in [0.25, 0.3) is 5.57 Å². The highest BCUT2D eigenvalue weighted by molar-refractivity contribution is 7.11. The van der Waals surface area contributed by atoms with E-state index in [4.69, 9.17) is 23.2 Å². The second kappa shape index (κ2) is 8.03. The first-order valence-corrected chi connectivity index (χ1v) is 10.6. The SMILES string of the molecule is CCN(C1=C(c2cccs2)C(=O)N(c2cccc(Cl)c2Cl)C1=O)c1ccccc1. The van der Waals surface area contributed by atoms with Gasteiger partial charge < -0.3 is 4.90 Å². The fraction of sp³-hybridized carbons (Fsp3) is 0.0909. The van der Waals surface area contributed by atoms with Crippen LogP contribution in [0.3, 0.4) is 0 Å². The van der Waals surface area contributed by atoms with Gasteiger partial charge >= 0.3 is 0 Å². The fourth-order valence-corrected chi connectivity index (χ4v) is 4.52. The lowest BCUT2D eigenvalue weighted by atomic mass is 10.1. The highest BCUT2D eigenvalue weighted by Gasteiger charge is 2.43. The summed E-state index contributed by atoms with van der Waals surface area (Å²) in [7, 11) is 0. The number of carbonyl (C=O) groups is 2. The van der Waals surface area contributed by atoms with Crippen LogP contribution in [0.5, 0.6) is 0 Å². The van der Waals surface area contributed by atoms with E-state index in [9.17, 15) is 9.59 Å². The Labute approximate surface area is 182 Å². The van der Waals surface area contributed by atoms with Crippen molar-refractivity contribution in [1.29, 1.82) is 0 Å². The van der Waals surface area contributed by atoms with E-state index in [1.807, 2.05) is 59.7 Å². The van der Waals surface area contributed by atoms with Crippen molar-refractivity contribution in [2.45, 2.75) is 6.92 Å². The number of anilines is 2. The van der Waals surface area contributed by atoms with Gasteiger partial charge in [-0.05, 0) is 42.6 Å². The zero-order valence-electron chi connectivity index (χ0n) is 15.4. The molecule has 0 bridgehead atoms. The van der Waals surface area contributed by atoms with Crippen molar-refractivity contribution in [2.24, 2.45) is 0 Å². The third-order valence-corrected chi connectivity index (χ3v) is 6.35. The highest BCUT2D eigenvalue weighted by Crippen LogP contribution is 2.41. The number of rotatable bonds is 5. The van der Waals surface area contributed by atoms with Gasteiger partial charge in [0.1, 0.15) is 5.70 Å². The molecule has 7 heteroatoms. The lowest BCUT2D eigenvalue weighted by molar-refractivity contribution is -0.120. The van der Waals surface area contributed by atoms with Crippen molar-refractivity contribution >= 4 is 63.3 Å². The molecular weight excluding hydrogens is 427 g/mol. The number of thiophene rings is 1. The third kappa shape index (κ3) is 3.35. The average molecular weight is 443 g/mol. The Kier molecular flexibility index (Phi) is 5.46. The molecule has 1 aliphatic rings. The normalized spacial score (nSPS) is 14.1. The van der Waals surface area contributed by atoms with Crippen LogP contribution in [0.2, 0.25) is 10.0 Å². The van der Waals surface area contributed by atoms with Crippen molar-refractivity contribution in [3.8, 4) is 0 Å². The molecule has 2 amide bonds. The van der Waals surface area contributed by atoms with E-state index in [0.29, 0.717) is 17.8 Å². The Balaban J connectivity index is 1.91. The van der Waals surface area contributed by atoms with Crippen molar-refractivity contribution in [3.05, 3.63) is 86.7 Å². The molecule has 29 heavy (non-hydrogen) atoms. The summed E-state index contributed by atoms with van der Waals surface area (Å²) in [5.41, 5.74) is 1.82. The Morgan fingerprint density at radius 1 is 0.931 bits per heavy atom. The molecule has 0 radical (unpaired) electrons. The van der Waals surface area contributed by atoms with Crippen LogP contribution in [0.15, 0.2) is 71.7 Å². The largest absolute Gasteiger partial charge is 0.337 e. The zero-order valence-corrected chi connectivity index (χ0v) is 17.8. The summed E-state index contributed by atoms with van der Waals surface area (Å²) in [6.45, 7) is 2.46. The first-order valence-electron chi connectivity index (χ1n) is 8.98. The molecule has 0 aliphatic carbocycles. The monoisotopic (exact) mass is 442 g/mol. The lowest BCUT2D eigenvalue weighted by Gasteiger charge is -2.25. The van der Waals surface area contributed by atoms with Gasteiger partial charge in [-0.2, -0.15) is 0 Å². The second-order valence-corrected chi connectivity index (χ2v) is 8.03. The van der Waals surface area contributed by atoms with E-state index in [0.717, 1.165) is 15.5 Å². The number of hydrogen-bond donors (Lipinski definition) is 0. The minimum absolute atomic E-state index is 0.172. The summed E-state index contributed by atoms with van der Waals surface area (Å²) in [5.74, 6) is -0.834. The molecule has 0 saturated heterocycles. The number of hydrogen-bond acceptors (Lipinski definition) is 4. The van der Waals surface area contributed by atoms with Crippen molar-refractivity contribution in [1.82, 2.24) is 0 Å². The predicted octanol–water partition coefficient (Wildman–Crippen LogP) is 5.87. The number of benzene rings is 2. The molecular formula is C22H16Cl2N2O2S. The molecule has 2 aromatic carbocycles. The maximum absolute atomic E-state index is 13.6. The molecule has 0 N–H and O–H groups in total. The third-order valence-electron chi connectivity index (χ3n) is 4.65. The molecule has 2 heterocycles. The standard InChI is InChI=1S/C22H16Cl2N2O2S/c1-2-25(14-8-4-3-5-9-14)20-18(17-12-7-13-29-17)21(27)26(22(20)28)16-11-6-10-15(23)19(16)24/h3-13H,2H2,1H3. The van der Waals surface area contributed by atoms with Crippen molar-refractivity contribution in [2.75, 3.05) is 16.3 Å². The molecule has 1 aliphatic heterocycles. The Bertz CT molecular complexity index is 1110. The van der Waals surface area contributed by atoms with Crippen molar-refractivity contribution in [3.63, 3.8) is 0 Å². The van der Waals surface area contributed by atoms with Gasteiger partial charge in [0.05, 0.1) is 21.3 Å².